The second-order valence-corrected chi connectivity index (χ2v) is 5.62. The van der Waals surface area contributed by atoms with E-state index in [0.717, 1.165) is 23.4 Å². The molecule has 1 aromatic carbocycles. The zero-order valence-electron chi connectivity index (χ0n) is 14.2. The van der Waals surface area contributed by atoms with Gasteiger partial charge in [0.25, 0.3) is 0 Å². The molecule has 0 radical (unpaired) electrons. The molecule has 25 heavy (non-hydrogen) atoms. The van der Waals surface area contributed by atoms with Gasteiger partial charge in [-0.1, -0.05) is 12.1 Å². The van der Waals surface area contributed by atoms with E-state index in [9.17, 15) is 4.39 Å². The van der Waals surface area contributed by atoms with E-state index in [1.54, 1.807) is 25.4 Å². The molecule has 8 heteroatoms. The highest BCUT2D eigenvalue weighted by atomic mass is 19.1. The van der Waals surface area contributed by atoms with Crippen LogP contribution in [0.15, 0.2) is 35.0 Å². The van der Waals surface area contributed by atoms with Gasteiger partial charge in [-0.25, -0.2) is 4.39 Å². The number of nitrogens with zero attached hydrogens (tertiary/aromatic N) is 4. The van der Waals surface area contributed by atoms with Crippen LogP contribution in [0.4, 0.5) is 4.39 Å². The largest absolute Gasteiger partial charge is 0.377 e. The molecular formula is C17H20FN5O2. The summed E-state index contributed by atoms with van der Waals surface area (Å²) in [5.41, 5.74) is 2.79. The van der Waals surface area contributed by atoms with Gasteiger partial charge in [-0.05, 0) is 30.8 Å². The number of ether oxygens (including phenoxy) is 1. The van der Waals surface area contributed by atoms with E-state index in [1.807, 2.05) is 0 Å². The fourth-order valence-corrected chi connectivity index (χ4v) is 2.55. The number of aromatic amines is 1. The topological polar surface area (TPSA) is 80.1 Å². The normalized spacial score (nSPS) is 11.4. The van der Waals surface area contributed by atoms with E-state index in [0.29, 0.717) is 31.4 Å². The van der Waals surface area contributed by atoms with Crippen LogP contribution in [0.1, 0.15) is 24.2 Å². The average molecular weight is 345 g/mol. The van der Waals surface area contributed by atoms with Gasteiger partial charge in [0.05, 0.1) is 18.4 Å². The van der Waals surface area contributed by atoms with Crippen molar-refractivity contribution in [1.82, 2.24) is 25.2 Å². The molecule has 2 heterocycles. The Bertz CT molecular complexity index is 799. The molecule has 0 aliphatic carbocycles. The highest BCUT2D eigenvalue weighted by molar-refractivity contribution is 5.62. The van der Waals surface area contributed by atoms with Crippen LogP contribution in [0.25, 0.3) is 11.3 Å². The van der Waals surface area contributed by atoms with Crippen LogP contribution in [0.5, 0.6) is 0 Å². The van der Waals surface area contributed by atoms with Crippen molar-refractivity contribution in [3.05, 3.63) is 53.6 Å². The van der Waals surface area contributed by atoms with E-state index in [1.165, 1.54) is 12.1 Å². The fraction of sp³-hybridized carbons (Fsp3) is 0.353. The van der Waals surface area contributed by atoms with Gasteiger partial charge in [-0.2, -0.15) is 10.1 Å². The summed E-state index contributed by atoms with van der Waals surface area (Å²) in [6, 6.07) is 6.34. The Morgan fingerprint density at radius 1 is 1.24 bits per heavy atom. The van der Waals surface area contributed by atoms with Gasteiger partial charge < -0.3 is 9.26 Å². The predicted octanol–water partition coefficient (Wildman–Crippen LogP) is 2.77. The standard InChI is InChI=1S/C17H20FN5O2/c1-3-23(10-16-20-15(11-24-2)22-25-16)9-13-8-19-21-17(13)12-4-6-14(18)7-5-12/h4-8H,3,9-11H2,1-2H3,(H,19,21). The number of halogens is 1. The number of aromatic nitrogens is 4. The molecule has 0 aliphatic heterocycles. The van der Waals surface area contributed by atoms with Crippen LogP contribution in [0.3, 0.4) is 0 Å². The van der Waals surface area contributed by atoms with E-state index in [-0.39, 0.29) is 5.82 Å². The number of hydrogen-bond acceptors (Lipinski definition) is 6. The first kappa shape index (κ1) is 17.2. The van der Waals surface area contributed by atoms with Crippen LogP contribution in [-0.4, -0.2) is 38.9 Å². The summed E-state index contributed by atoms with van der Waals surface area (Å²) in [6.45, 7) is 4.37. The summed E-state index contributed by atoms with van der Waals surface area (Å²) >= 11 is 0. The third-order valence-corrected chi connectivity index (χ3v) is 3.83. The molecule has 3 aromatic rings. The molecule has 132 valence electrons. The first-order valence-electron chi connectivity index (χ1n) is 8.00. The minimum absolute atomic E-state index is 0.261. The van der Waals surface area contributed by atoms with Gasteiger partial charge in [0, 0.05) is 24.8 Å². The number of hydrogen-bond donors (Lipinski definition) is 1. The fourth-order valence-electron chi connectivity index (χ4n) is 2.55. The van der Waals surface area contributed by atoms with Crippen LogP contribution < -0.4 is 0 Å². The van der Waals surface area contributed by atoms with E-state index in [4.69, 9.17) is 9.26 Å². The quantitative estimate of drug-likeness (QED) is 0.676. The van der Waals surface area contributed by atoms with Crippen LogP contribution in [0.2, 0.25) is 0 Å². The number of benzene rings is 1. The summed E-state index contributed by atoms with van der Waals surface area (Å²) in [6.07, 6.45) is 1.78. The molecule has 7 nitrogen and oxygen atoms in total. The van der Waals surface area contributed by atoms with Gasteiger partial charge in [-0.15, -0.1) is 0 Å². The van der Waals surface area contributed by atoms with Gasteiger partial charge >= 0.3 is 0 Å². The van der Waals surface area contributed by atoms with Crippen molar-refractivity contribution in [3.63, 3.8) is 0 Å². The van der Waals surface area contributed by atoms with Gasteiger partial charge in [0.1, 0.15) is 12.4 Å². The number of nitrogens with one attached hydrogen (secondary N) is 1. The zero-order chi connectivity index (χ0) is 17.6. The Morgan fingerprint density at radius 3 is 2.76 bits per heavy atom. The highest BCUT2D eigenvalue weighted by Crippen LogP contribution is 2.23. The minimum atomic E-state index is -0.261. The maximum atomic E-state index is 13.1. The van der Waals surface area contributed by atoms with Gasteiger partial charge in [0.2, 0.25) is 5.89 Å². The van der Waals surface area contributed by atoms with Crippen molar-refractivity contribution in [2.45, 2.75) is 26.6 Å². The lowest BCUT2D eigenvalue weighted by Gasteiger charge is -2.18. The van der Waals surface area contributed by atoms with Crippen LogP contribution in [0, 0.1) is 5.82 Å². The average Bonchev–Trinajstić information content (AvgIpc) is 3.25. The van der Waals surface area contributed by atoms with Crippen molar-refractivity contribution < 1.29 is 13.7 Å². The van der Waals surface area contributed by atoms with Crippen molar-refractivity contribution in [2.24, 2.45) is 0 Å². The first-order valence-corrected chi connectivity index (χ1v) is 8.00. The number of rotatable bonds is 8. The molecule has 0 spiro atoms. The third kappa shape index (κ3) is 4.28. The Morgan fingerprint density at radius 2 is 2.04 bits per heavy atom. The van der Waals surface area contributed by atoms with Crippen molar-refractivity contribution in [3.8, 4) is 11.3 Å². The summed E-state index contributed by atoms with van der Waals surface area (Å²) in [4.78, 5) is 6.45. The molecule has 2 aromatic heterocycles. The van der Waals surface area contributed by atoms with Crippen LogP contribution >= 0.6 is 0 Å². The minimum Gasteiger partial charge on any atom is -0.377 e. The van der Waals surface area contributed by atoms with Gasteiger partial charge in [0.15, 0.2) is 5.82 Å². The Hall–Kier alpha value is -2.58. The maximum Gasteiger partial charge on any atom is 0.240 e. The zero-order valence-corrected chi connectivity index (χ0v) is 14.2. The molecule has 1 N–H and O–H groups in total. The molecule has 0 atom stereocenters. The van der Waals surface area contributed by atoms with Gasteiger partial charge in [-0.3, -0.25) is 10.00 Å². The van der Waals surface area contributed by atoms with Crippen molar-refractivity contribution in [1.29, 1.82) is 0 Å². The lowest BCUT2D eigenvalue weighted by molar-refractivity contribution is 0.174. The second-order valence-electron chi connectivity index (χ2n) is 5.62. The molecule has 0 aliphatic rings. The summed E-state index contributed by atoms with van der Waals surface area (Å²) in [5.74, 6) is 0.813. The predicted molar refractivity (Wildman–Crippen MR) is 88.8 cm³/mol. The summed E-state index contributed by atoms with van der Waals surface area (Å²) < 4.78 is 23.4. The van der Waals surface area contributed by atoms with E-state index in [2.05, 4.69) is 32.2 Å². The Balaban J connectivity index is 1.71. The maximum absolute atomic E-state index is 13.1. The lowest BCUT2D eigenvalue weighted by atomic mass is 10.1. The second kappa shape index (κ2) is 8.00. The van der Waals surface area contributed by atoms with E-state index >= 15 is 0 Å². The molecule has 0 amide bonds. The summed E-state index contributed by atoms with van der Waals surface area (Å²) in [7, 11) is 1.59. The molecule has 0 saturated carbocycles. The smallest absolute Gasteiger partial charge is 0.240 e. The SMILES string of the molecule is CCN(Cc1nc(COC)no1)Cc1cn[nH]c1-c1ccc(F)cc1. The third-order valence-electron chi connectivity index (χ3n) is 3.83. The monoisotopic (exact) mass is 345 g/mol. The molecule has 0 fully saturated rings. The van der Waals surface area contributed by atoms with Crippen molar-refractivity contribution in [2.75, 3.05) is 13.7 Å². The van der Waals surface area contributed by atoms with E-state index < -0.39 is 0 Å². The van der Waals surface area contributed by atoms with Crippen molar-refractivity contribution >= 4 is 0 Å². The molecule has 0 unspecified atom stereocenters. The summed E-state index contributed by atoms with van der Waals surface area (Å²) in [5, 5.41) is 11.0. The number of methoxy groups -OCH3 is 1. The number of H-pyrrole nitrogens is 1. The Kier molecular flexibility index (Phi) is 5.52. The molecule has 3 rings (SSSR count). The lowest BCUT2D eigenvalue weighted by Crippen LogP contribution is -2.22. The Labute approximate surface area is 144 Å². The molecular weight excluding hydrogens is 325 g/mol. The molecule has 0 bridgehead atoms. The van der Waals surface area contributed by atoms with Crippen LogP contribution in [-0.2, 0) is 24.4 Å². The highest BCUT2D eigenvalue weighted by Gasteiger charge is 2.15. The molecule has 0 saturated heterocycles. The first-order chi connectivity index (χ1) is 12.2.